The van der Waals surface area contributed by atoms with E-state index in [1.165, 1.54) is 10.9 Å². The number of nitrogens with one attached hydrogen (secondary N) is 1. The van der Waals surface area contributed by atoms with Crippen LogP contribution in [0.25, 0.3) is 10.9 Å². The molecule has 2 rings (SSSR count). The van der Waals surface area contributed by atoms with Gasteiger partial charge in [0.1, 0.15) is 0 Å². The first kappa shape index (κ1) is 9.18. The van der Waals surface area contributed by atoms with E-state index in [0.29, 0.717) is 6.54 Å². The van der Waals surface area contributed by atoms with E-state index in [2.05, 4.69) is 29.6 Å². The van der Waals surface area contributed by atoms with Gasteiger partial charge in [0.2, 0.25) is 0 Å². The van der Waals surface area contributed by atoms with Crippen LogP contribution >= 0.6 is 0 Å². The van der Waals surface area contributed by atoms with E-state index in [-0.39, 0.29) is 0 Å². The predicted molar refractivity (Wildman–Crippen MR) is 56.4 cm³/mol. The molecule has 3 N–H and O–H groups in total. The molecule has 74 valence electrons. The zero-order valence-corrected chi connectivity index (χ0v) is 8.20. The molecule has 0 fully saturated rings. The summed E-state index contributed by atoms with van der Waals surface area (Å²) in [5.74, 6) is 5.30. The Morgan fingerprint density at radius 3 is 2.93 bits per heavy atom. The Hall–Kier alpha value is -1.39. The quantitative estimate of drug-likeness (QED) is 0.561. The minimum absolute atomic E-state index is 0.605. The van der Waals surface area contributed by atoms with Crippen LogP contribution in [-0.2, 0) is 13.1 Å². The molecule has 0 aliphatic heterocycles. The van der Waals surface area contributed by atoms with Crippen molar-refractivity contribution in [2.45, 2.75) is 20.0 Å². The van der Waals surface area contributed by atoms with Gasteiger partial charge in [-0.05, 0) is 13.0 Å². The second kappa shape index (κ2) is 3.77. The highest BCUT2D eigenvalue weighted by Gasteiger charge is 2.07. The summed E-state index contributed by atoms with van der Waals surface area (Å²) in [5.41, 5.74) is 4.81. The van der Waals surface area contributed by atoms with Gasteiger partial charge < -0.3 is 0 Å². The summed E-state index contributed by atoms with van der Waals surface area (Å²) in [5, 5.41) is 5.65. The van der Waals surface area contributed by atoms with Crippen molar-refractivity contribution in [3.8, 4) is 0 Å². The van der Waals surface area contributed by atoms with Gasteiger partial charge in [0.05, 0.1) is 17.8 Å². The van der Waals surface area contributed by atoms with Crippen LogP contribution in [0, 0.1) is 0 Å². The average Bonchev–Trinajstić information content (AvgIpc) is 2.58. The molecule has 0 spiro atoms. The van der Waals surface area contributed by atoms with E-state index in [1.54, 1.807) is 0 Å². The highest BCUT2D eigenvalue weighted by molar-refractivity contribution is 5.81. The number of aryl methyl sites for hydroxylation is 1. The van der Waals surface area contributed by atoms with Crippen molar-refractivity contribution in [1.29, 1.82) is 0 Å². The summed E-state index contributed by atoms with van der Waals surface area (Å²) >= 11 is 0. The monoisotopic (exact) mass is 190 g/mol. The number of nitrogens with two attached hydrogens (primary N) is 1. The topological polar surface area (TPSA) is 55.9 Å². The number of benzene rings is 1. The number of rotatable bonds is 3. The Bertz CT molecular complexity index is 433. The Labute approximate surface area is 82.7 Å². The summed E-state index contributed by atoms with van der Waals surface area (Å²) in [6.45, 7) is 3.57. The van der Waals surface area contributed by atoms with Gasteiger partial charge in [-0.15, -0.1) is 0 Å². The van der Waals surface area contributed by atoms with Gasteiger partial charge in [0.25, 0.3) is 0 Å². The molecule has 1 aromatic heterocycles. The first-order chi connectivity index (χ1) is 6.86. The maximum atomic E-state index is 5.30. The highest BCUT2D eigenvalue weighted by Crippen LogP contribution is 2.17. The second-order valence-corrected chi connectivity index (χ2v) is 3.16. The maximum Gasteiger partial charge on any atom is 0.0855 e. The molecule has 4 nitrogen and oxygen atoms in total. The van der Waals surface area contributed by atoms with Gasteiger partial charge in [0, 0.05) is 11.9 Å². The number of nitrogens with zero attached hydrogens (tertiary/aromatic N) is 2. The zero-order chi connectivity index (χ0) is 9.97. The summed E-state index contributed by atoms with van der Waals surface area (Å²) in [4.78, 5) is 0. The lowest BCUT2D eigenvalue weighted by Crippen LogP contribution is -2.21. The van der Waals surface area contributed by atoms with E-state index in [4.69, 9.17) is 5.84 Å². The van der Waals surface area contributed by atoms with Crippen molar-refractivity contribution in [1.82, 2.24) is 15.2 Å². The van der Waals surface area contributed by atoms with Crippen molar-refractivity contribution in [2.75, 3.05) is 0 Å². The third-order valence-corrected chi connectivity index (χ3v) is 2.30. The Kier molecular flexibility index (Phi) is 2.47. The number of aromatic nitrogens is 2. The lowest BCUT2D eigenvalue weighted by atomic mass is 10.2. The van der Waals surface area contributed by atoms with Crippen LogP contribution < -0.4 is 11.3 Å². The minimum Gasteiger partial charge on any atom is -0.271 e. The number of hydrogen-bond donors (Lipinski definition) is 2. The van der Waals surface area contributed by atoms with Crippen LogP contribution in [0.15, 0.2) is 24.3 Å². The van der Waals surface area contributed by atoms with Crippen LogP contribution in [0.4, 0.5) is 0 Å². The van der Waals surface area contributed by atoms with E-state index in [9.17, 15) is 0 Å². The van der Waals surface area contributed by atoms with E-state index >= 15 is 0 Å². The average molecular weight is 190 g/mol. The lowest BCUT2D eigenvalue weighted by Gasteiger charge is -1.95. The number of hydrogen-bond acceptors (Lipinski definition) is 3. The molecule has 0 radical (unpaired) electrons. The van der Waals surface area contributed by atoms with E-state index in [0.717, 1.165) is 12.2 Å². The third kappa shape index (κ3) is 1.38. The molecule has 0 saturated heterocycles. The van der Waals surface area contributed by atoms with Crippen molar-refractivity contribution in [3.63, 3.8) is 0 Å². The molecule has 1 aromatic carbocycles. The van der Waals surface area contributed by atoms with Gasteiger partial charge in [0.15, 0.2) is 0 Å². The van der Waals surface area contributed by atoms with Crippen molar-refractivity contribution >= 4 is 10.9 Å². The molecule has 0 unspecified atom stereocenters. The van der Waals surface area contributed by atoms with Crippen LogP contribution in [0.5, 0.6) is 0 Å². The second-order valence-electron chi connectivity index (χ2n) is 3.16. The SMILES string of the molecule is CCn1nc(CNN)c2ccccc21. The highest BCUT2D eigenvalue weighted by atomic mass is 15.3. The number of fused-ring (bicyclic) bond motifs is 1. The summed E-state index contributed by atoms with van der Waals surface area (Å²) in [7, 11) is 0. The van der Waals surface area contributed by atoms with Crippen LogP contribution in [-0.4, -0.2) is 9.78 Å². The number of para-hydroxylation sites is 1. The molecular weight excluding hydrogens is 176 g/mol. The summed E-state index contributed by atoms with van der Waals surface area (Å²) in [6.07, 6.45) is 0. The molecule has 0 atom stereocenters. The first-order valence-electron chi connectivity index (χ1n) is 4.74. The van der Waals surface area contributed by atoms with Crippen LogP contribution in [0.2, 0.25) is 0 Å². The number of hydrazine groups is 1. The Balaban J connectivity index is 2.61. The smallest absolute Gasteiger partial charge is 0.0855 e. The molecular formula is C10H14N4. The molecule has 14 heavy (non-hydrogen) atoms. The lowest BCUT2D eigenvalue weighted by molar-refractivity contribution is 0.644. The molecule has 0 bridgehead atoms. The van der Waals surface area contributed by atoms with E-state index in [1.807, 2.05) is 16.8 Å². The maximum absolute atomic E-state index is 5.30. The fourth-order valence-electron chi connectivity index (χ4n) is 1.66. The molecule has 4 heteroatoms. The van der Waals surface area contributed by atoms with Crippen LogP contribution in [0.3, 0.4) is 0 Å². The molecule has 0 aliphatic carbocycles. The first-order valence-corrected chi connectivity index (χ1v) is 4.74. The molecule has 0 amide bonds. The normalized spacial score (nSPS) is 11.0. The molecule has 1 heterocycles. The zero-order valence-electron chi connectivity index (χ0n) is 8.20. The van der Waals surface area contributed by atoms with Crippen molar-refractivity contribution in [2.24, 2.45) is 5.84 Å². The minimum atomic E-state index is 0.605. The van der Waals surface area contributed by atoms with Crippen molar-refractivity contribution in [3.05, 3.63) is 30.0 Å². The molecule has 0 saturated carbocycles. The van der Waals surface area contributed by atoms with Gasteiger partial charge in [-0.25, -0.2) is 0 Å². The van der Waals surface area contributed by atoms with Gasteiger partial charge in [-0.3, -0.25) is 16.0 Å². The summed E-state index contributed by atoms with van der Waals surface area (Å²) < 4.78 is 1.99. The summed E-state index contributed by atoms with van der Waals surface area (Å²) in [6, 6.07) is 8.19. The molecule has 2 aromatic rings. The Morgan fingerprint density at radius 2 is 2.21 bits per heavy atom. The van der Waals surface area contributed by atoms with Gasteiger partial charge >= 0.3 is 0 Å². The largest absolute Gasteiger partial charge is 0.271 e. The standard InChI is InChI=1S/C10H14N4/c1-2-14-10-6-4-3-5-8(10)9(13-14)7-12-11/h3-6,12H,2,7,11H2,1H3. The predicted octanol–water partition coefficient (Wildman–Crippen LogP) is 1.02. The fourth-order valence-corrected chi connectivity index (χ4v) is 1.66. The van der Waals surface area contributed by atoms with Crippen molar-refractivity contribution < 1.29 is 0 Å². The van der Waals surface area contributed by atoms with Gasteiger partial charge in [-0.2, -0.15) is 5.10 Å². The molecule has 0 aliphatic rings. The fraction of sp³-hybridized carbons (Fsp3) is 0.300. The van der Waals surface area contributed by atoms with E-state index < -0.39 is 0 Å². The third-order valence-electron chi connectivity index (χ3n) is 2.30. The van der Waals surface area contributed by atoms with Crippen LogP contribution in [0.1, 0.15) is 12.6 Å². The van der Waals surface area contributed by atoms with Gasteiger partial charge in [-0.1, -0.05) is 18.2 Å². The Morgan fingerprint density at radius 1 is 1.43 bits per heavy atom.